The van der Waals surface area contributed by atoms with Crippen molar-refractivity contribution in [2.45, 2.75) is 32.4 Å². The quantitative estimate of drug-likeness (QED) is 0.567. The highest BCUT2D eigenvalue weighted by Gasteiger charge is 2.26. The van der Waals surface area contributed by atoms with E-state index in [4.69, 9.17) is 9.47 Å². The highest BCUT2D eigenvalue weighted by atomic mass is 16.5. The van der Waals surface area contributed by atoms with Gasteiger partial charge >= 0.3 is 5.69 Å². The summed E-state index contributed by atoms with van der Waals surface area (Å²) < 4.78 is 15.1. The Morgan fingerprint density at radius 2 is 1.73 bits per heavy atom. The summed E-state index contributed by atoms with van der Waals surface area (Å²) in [6, 6.07) is 7.10. The third-order valence-corrected chi connectivity index (χ3v) is 6.29. The first-order chi connectivity index (χ1) is 15.8. The Balaban J connectivity index is 1.65. The predicted molar refractivity (Wildman–Crippen MR) is 125 cm³/mol. The molecule has 3 aromatic rings. The van der Waals surface area contributed by atoms with Gasteiger partial charge in [-0.25, -0.2) is 4.79 Å². The van der Waals surface area contributed by atoms with Crippen molar-refractivity contribution in [3.8, 4) is 11.5 Å². The first-order valence-corrected chi connectivity index (χ1v) is 11.2. The SMILES string of the molecule is COc1ccc(OCC(O)Cn2c(N3CCC(C)CC3)nc3c2c(=O)n(C)c(=O)n3C)cc1. The van der Waals surface area contributed by atoms with Crippen LogP contribution in [0.5, 0.6) is 11.5 Å². The van der Waals surface area contributed by atoms with Crippen molar-refractivity contribution < 1.29 is 14.6 Å². The highest BCUT2D eigenvalue weighted by molar-refractivity contribution is 5.74. The van der Waals surface area contributed by atoms with Crippen molar-refractivity contribution >= 4 is 17.1 Å². The first kappa shape index (κ1) is 22.9. The third kappa shape index (κ3) is 4.47. The monoisotopic (exact) mass is 457 g/mol. The molecule has 10 heteroatoms. The van der Waals surface area contributed by atoms with Crippen molar-refractivity contribution in [2.75, 3.05) is 31.7 Å². The average Bonchev–Trinajstić information content (AvgIpc) is 3.20. The second-order valence-corrected chi connectivity index (χ2v) is 8.71. The topological polar surface area (TPSA) is 104 Å². The Kier molecular flexibility index (Phi) is 6.46. The number of aryl methyl sites for hydroxylation is 1. The number of aliphatic hydroxyl groups excluding tert-OH is 1. The van der Waals surface area contributed by atoms with Crippen LogP contribution in [-0.2, 0) is 20.6 Å². The molecule has 1 aliphatic heterocycles. The molecule has 0 aliphatic carbocycles. The van der Waals surface area contributed by atoms with E-state index >= 15 is 0 Å². The Morgan fingerprint density at radius 1 is 1.09 bits per heavy atom. The number of ether oxygens (including phenoxy) is 2. The van der Waals surface area contributed by atoms with E-state index in [0.29, 0.717) is 28.8 Å². The molecule has 10 nitrogen and oxygen atoms in total. The van der Waals surface area contributed by atoms with E-state index in [2.05, 4.69) is 16.8 Å². The van der Waals surface area contributed by atoms with E-state index < -0.39 is 17.4 Å². The molecule has 1 aromatic carbocycles. The zero-order valence-corrected chi connectivity index (χ0v) is 19.5. The van der Waals surface area contributed by atoms with Crippen LogP contribution in [0.1, 0.15) is 19.8 Å². The summed E-state index contributed by atoms with van der Waals surface area (Å²) in [5.74, 6) is 2.54. The first-order valence-electron chi connectivity index (χ1n) is 11.2. The molecule has 0 amide bonds. The van der Waals surface area contributed by atoms with Crippen LogP contribution in [0.4, 0.5) is 5.95 Å². The fourth-order valence-corrected chi connectivity index (χ4v) is 4.19. The van der Waals surface area contributed by atoms with Crippen LogP contribution >= 0.6 is 0 Å². The fourth-order valence-electron chi connectivity index (χ4n) is 4.19. The van der Waals surface area contributed by atoms with E-state index in [0.717, 1.165) is 36.2 Å². The minimum absolute atomic E-state index is 0.0363. The molecule has 4 rings (SSSR count). The van der Waals surface area contributed by atoms with E-state index in [1.165, 1.54) is 11.6 Å². The Hall–Kier alpha value is -3.27. The van der Waals surface area contributed by atoms with Crippen molar-refractivity contribution in [3.05, 3.63) is 45.1 Å². The van der Waals surface area contributed by atoms with Crippen LogP contribution < -0.4 is 25.6 Å². The third-order valence-electron chi connectivity index (χ3n) is 6.29. The maximum Gasteiger partial charge on any atom is 0.332 e. The number of nitrogens with zero attached hydrogens (tertiary/aromatic N) is 5. The summed E-state index contributed by atoms with van der Waals surface area (Å²) in [4.78, 5) is 32.3. The summed E-state index contributed by atoms with van der Waals surface area (Å²) in [6.07, 6.45) is 1.14. The minimum Gasteiger partial charge on any atom is -0.497 e. The molecule has 1 unspecified atom stereocenters. The lowest BCUT2D eigenvalue weighted by Crippen LogP contribution is -2.38. The van der Waals surface area contributed by atoms with Gasteiger partial charge in [0.15, 0.2) is 11.2 Å². The number of aromatic nitrogens is 4. The summed E-state index contributed by atoms with van der Waals surface area (Å²) in [6.45, 7) is 3.98. The molecule has 33 heavy (non-hydrogen) atoms. The average molecular weight is 458 g/mol. The summed E-state index contributed by atoms with van der Waals surface area (Å²) in [5, 5.41) is 10.8. The molecule has 3 heterocycles. The standard InChI is InChI=1S/C23H31N5O5/c1-15-9-11-27(12-10-15)22-24-20-19(21(30)26(3)23(31)25(20)2)28(22)13-16(29)14-33-18-7-5-17(32-4)6-8-18/h5-8,15-16,29H,9-14H2,1-4H3. The largest absolute Gasteiger partial charge is 0.497 e. The Labute approximate surface area is 191 Å². The highest BCUT2D eigenvalue weighted by Crippen LogP contribution is 2.25. The lowest BCUT2D eigenvalue weighted by Gasteiger charge is -2.31. The molecule has 1 saturated heterocycles. The fraction of sp³-hybridized carbons (Fsp3) is 0.522. The zero-order chi connectivity index (χ0) is 23.7. The summed E-state index contributed by atoms with van der Waals surface area (Å²) >= 11 is 0. The minimum atomic E-state index is -0.895. The summed E-state index contributed by atoms with van der Waals surface area (Å²) in [5.41, 5.74) is -0.239. The van der Waals surface area contributed by atoms with Crippen LogP contribution in [-0.4, -0.2) is 56.7 Å². The van der Waals surface area contributed by atoms with Crippen molar-refractivity contribution in [1.82, 2.24) is 18.7 Å². The molecule has 1 atom stereocenters. The maximum absolute atomic E-state index is 13.0. The molecule has 1 N–H and O–H groups in total. The zero-order valence-electron chi connectivity index (χ0n) is 19.5. The molecule has 1 fully saturated rings. The molecule has 0 spiro atoms. The number of hydrogen-bond donors (Lipinski definition) is 1. The van der Waals surface area contributed by atoms with Gasteiger partial charge in [-0.3, -0.25) is 13.9 Å². The lowest BCUT2D eigenvalue weighted by molar-refractivity contribution is 0.0935. The van der Waals surface area contributed by atoms with Gasteiger partial charge < -0.3 is 24.0 Å². The van der Waals surface area contributed by atoms with E-state index in [-0.39, 0.29) is 13.2 Å². The number of methoxy groups -OCH3 is 1. The van der Waals surface area contributed by atoms with E-state index in [1.54, 1.807) is 43.0 Å². The normalized spacial score (nSPS) is 15.7. The van der Waals surface area contributed by atoms with Gasteiger partial charge in [0.1, 0.15) is 24.2 Å². The van der Waals surface area contributed by atoms with Gasteiger partial charge in [-0.05, 0) is 43.0 Å². The van der Waals surface area contributed by atoms with Crippen LogP contribution in [0, 0.1) is 5.92 Å². The number of benzene rings is 1. The Morgan fingerprint density at radius 3 is 2.36 bits per heavy atom. The molecule has 2 aromatic heterocycles. The number of hydrogen-bond acceptors (Lipinski definition) is 7. The van der Waals surface area contributed by atoms with E-state index in [1.807, 2.05) is 0 Å². The molecule has 1 aliphatic rings. The van der Waals surface area contributed by atoms with Gasteiger partial charge in [0.25, 0.3) is 5.56 Å². The van der Waals surface area contributed by atoms with Gasteiger partial charge in [-0.15, -0.1) is 0 Å². The van der Waals surface area contributed by atoms with Crippen LogP contribution in [0.15, 0.2) is 33.9 Å². The molecule has 0 saturated carbocycles. The van der Waals surface area contributed by atoms with Crippen molar-refractivity contribution in [1.29, 1.82) is 0 Å². The van der Waals surface area contributed by atoms with Gasteiger partial charge in [-0.2, -0.15) is 4.98 Å². The number of aliphatic hydroxyl groups is 1. The van der Waals surface area contributed by atoms with E-state index in [9.17, 15) is 14.7 Å². The maximum atomic E-state index is 13.0. The molecule has 178 valence electrons. The predicted octanol–water partition coefficient (Wildman–Crippen LogP) is 1.12. The molecular weight excluding hydrogens is 426 g/mol. The second-order valence-electron chi connectivity index (χ2n) is 8.71. The number of rotatable bonds is 7. The summed E-state index contributed by atoms with van der Waals surface area (Å²) in [7, 11) is 4.65. The lowest BCUT2D eigenvalue weighted by atomic mass is 10.00. The Bertz CT molecular complexity index is 1240. The molecule has 0 bridgehead atoms. The number of fused-ring (bicyclic) bond motifs is 1. The van der Waals surface area contributed by atoms with Gasteiger partial charge in [-0.1, -0.05) is 6.92 Å². The van der Waals surface area contributed by atoms with Gasteiger partial charge in [0.05, 0.1) is 13.7 Å². The number of anilines is 1. The van der Waals surface area contributed by atoms with Gasteiger partial charge in [0, 0.05) is 27.2 Å². The second kappa shape index (κ2) is 9.30. The molecular formula is C23H31N5O5. The van der Waals surface area contributed by atoms with Crippen molar-refractivity contribution in [2.24, 2.45) is 20.0 Å². The number of imidazole rings is 1. The smallest absolute Gasteiger partial charge is 0.332 e. The molecule has 0 radical (unpaired) electrons. The van der Waals surface area contributed by atoms with Gasteiger partial charge in [0.2, 0.25) is 5.95 Å². The number of piperidine rings is 1. The van der Waals surface area contributed by atoms with Crippen LogP contribution in [0.2, 0.25) is 0 Å². The van der Waals surface area contributed by atoms with Crippen LogP contribution in [0.3, 0.4) is 0 Å². The van der Waals surface area contributed by atoms with Crippen molar-refractivity contribution in [3.63, 3.8) is 0 Å². The van der Waals surface area contributed by atoms with Crippen LogP contribution in [0.25, 0.3) is 11.2 Å².